The average molecular weight is 218 g/mol. The van der Waals surface area contributed by atoms with Crippen molar-refractivity contribution in [2.24, 2.45) is 5.73 Å². The third kappa shape index (κ3) is 4.33. The highest BCUT2D eigenvalue weighted by molar-refractivity contribution is 7.98. The van der Waals surface area contributed by atoms with Gasteiger partial charge in [0.15, 0.2) is 0 Å². The Morgan fingerprint density at radius 3 is 2.57 bits per heavy atom. The summed E-state index contributed by atoms with van der Waals surface area (Å²) < 4.78 is 0. The molecule has 2 unspecified atom stereocenters. The van der Waals surface area contributed by atoms with Crippen LogP contribution in [0.5, 0.6) is 0 Å². The molecule has 0 aromatic heterocycles. The van der Waals surface area contributed by atoms with E-state index in [1.165, 1.54) is 0 Å². The maximum Gasteiger partial charge on any atom is 0.239 e. The normalized spacial score (nSPS) is 14.9. The second-order valence-electron chi connectivity index (χ2n) is 3.59. The van der Waals surface area contributed by atoms with Gasteiger partial charge in [-0.1, -0.05) is 6.92 Å². The molecule has 0 aliphatic heterocycles. The first-order valence-electron chi connectivity index (χ1n) is 5.05. The first-order chi connectivity index (χ1) is 6.54. The fourth-order valence-corrected chi connectivity index (χ4v) is 1.71. The number of thioether (sulfide) groups is 1. The molecule has 0 fully saturated rings. The summed E-state index contributed by atoms with van der Waals surface area (Å²) in [6.45, 7) is 4.00. The van der Waals surface area contributed by atoms with Crippen LogP contribution in [0.25, 0.3) is 0 Å². The Morgan fingerprint density at radius 2 is 2.14 bits per heavy atom. The van der Waals surface area contributed by atoms with E-state index in [1.807, 2.05) is 14.0 Å². The fraction of sp³-hybridized carbons (Fsp3) is 0.900. The first-order valence-corrected chi connectivity index (χ1v) is 6.45. The lowest BCUT2D eigenvalue weighted by Gasteiger charge is -2.27. The molecule has 0 saturated heterocycles. The molecule has 2 atom stereocenters. The number of hydrogen-bond donors (Lipinski definition) is 1. The molecular formula is C10H22N2OS. The van der Waals surface area contributed by atoms with Crippen LogP contribution in [0.2, 0.25) is 0 Å². The molecule has 0 aromatic rings. The van der Waals surface area contributed by atoms with Crippen molar-refractivity contribution in [3.8, 4) is 0 Å². The zero-order valence-electron chi connectivity index (χ0n) is 9.62. The number of rotatable bonds is 6. The first kappa shape index (κ1) is 13.8. The molecule has 1 amide bonds. The van der Waals surface area contributed by atoms with Crippen LogP contribution in [0.3, 0.4) is 0 Å². The smallest absolute Gasteiger partial charge is 0.239 e. The van der Waals surface area contributed by atoms with E-state index in [0.29, 0.717) is 6.42 Å². The maximum absolute atomic E-state index is 11.7. The minimum atomic E-state index is -0.336. The molecule has 0 aliphatic carbocycles. The van der Waals surface area contributed by atoms with Gasteiger partial charge in [-0.05, 0) is 31.8 Å². The maximum atomic E-state index is 11.7. The van der Waals surface area contributed by atoms with Crippen LogP contribution < -0.4 is 5.73 Å². The molecule has 4 heteroatoms. The second-order valence-corrected chi connectivity index (χ2v) is 4.58. The van der Waals surface area contributed by atoms with Gasteiger partial charge < -0.3 is 10.6 Å². The van der Waals surface area contributed by atoms with E-state index in [4.69, 9.17) is 5.73 Å². The highest BCUT2D eigenvalue weighted by Gasteiger charge is 2.19. The Bertz CT molecular complexity index is 176. The van der Waals surface area contributed by atoms with Crippen LogP contribution in [-0.4, -0.2) is 41.9 Å². The SMILES string of the molecule is CCC(N)C(=O)N(C)C(C)CCSC. The minimum Gasteiger partial charge on any atom is -0.342 e. The van der Waals surface area contributed by atoms with Gasteiger partial charge in [0.25, 0.3) is 0 Å². The molecule has 0 aliphatic rings. The highest BCUT2D eigenvalue weighted by Crippen LogP contribution is 2.07. The molecule has 14 heavy (non-hydrogen) atoms. The van der Waals surface area contributed by atoms with Gasteiger partial charge in [0, 0.05) is 13.1 Å². The van der Waals surface area contributed by atoms with E-state index in [0.717, 1.165) is 12.2 Å². The molecule has 0 aromatic carbocycles. The number of likely N-dealkylation sites (N-methyl/N-ethyl adjacent to an activating group) is 1. The minimum absolute atomic E-state index is 0.0566. The summed E-state index contributed by atoms with van der Waals surface area (Å²) in [4.78, 5) is 13.4. The van der Waals surface area contributed by atoms with Gasteiger partial charge in [-0.2, -0.15) is 11.8 Å². The van der Waals surface area contributed by atoms with E-state index in [2.05, 4.69) is 13.2 Å². The summed E-state index contributed by atoms with van der Waals surface area (Å²) in [6.07, 6.45) is 3.81. The molecule has 2 N–H and O–H groups in total. The van der Waals surface area contributed by atoms with Gasteiger partial charge in [-0.3, -0.25) is 4.79 Å². The van der Waals surface area contributed by atoms with Crippen LogP contribution in [0, 0.1) is 0 Å². The van der Waals surface area contributed by atoms with Gasteiger partial charge in [-0.25, -0.2) is 0 Å². The van der Waals surface area contributed by atoms with E-state index in [-0.39, 0.29) is 18.0 Å². The number of amides is 1. The zero-order chi connectivity index (χ0) is 11.1. The predicted molar refractivity (Wildman–Crippen MR) is 63.5 cm³/mol. The third-order valence-electron chi connectivity index (χ3n) is 2.51. The van der Waals surface area contributed by atoms with Crippen molar-refractivity contribution in [1.29, 1.82) is 0 Å². The van der Waals surface area contributed by atoms with Crippen molar-refractivity contribution in [2.75, 3.05) is 19.1 Å². The summed E-state index contributed by atoms with van der Waals surface area (Å²) in [5.74, 6) is 1.14. The van der Waals surface area contributed by atoms with Crippen LogP contribution in [0.4, 0.5) is 0 Å². The zero-order valence-corrected chi connectivity index (χ0v) is 10.4. The van der Waals surface area contributed by atoms with Crippen LogP contribution >= 0.6 is 11.8 Å². The molecule has 84 valence electrons. The Morgan fingerprint density at radius 1 is 1.57 bits per heavy atom. The van der Waals surface area contributed by atoms with Crippen LogP contribution in [0.15, 0.2) is 0 Å². The number of hydrogen-bond acceptors (Lipinski definition) is 3. The molecule has 0 radical (unpaired) electrons. The second kappa shape index (κ2) is 7.12. The predicted octanol–water partition coefficient (Wildman–Crippen LogP) is 1.32. The monoisotopic (exact) mass is 218 g/mol. The van der Waals surface area contributed by atoms with E-state index in [9.17, 15) is 4.79 Å². The molecule has 3 nitrogen and oxygen atoms in total. The van der Waals surface area contributed by atoms with E-state index in [1.54, 1.807) is 16.7 Å². The highest BCUT2D eigenvalue weighted by atomic mass is 32.2. The number of nitrogens with zero attached hydrogens (tertiary/aromatic N) is 1. The van der Waals surface area contributed by atoms with Gasteiger partial charge in [0.05, 0.1) is 6.04 Å². The number of nitrogens with two attached hydrogens (primary N) is 1. The van der Waals surface area contributed by atoms with Crippen molar-refractivity contribution in [1.82, 2.24) is 4.90 Å². The van der Waals surface area contributed by atoms with Gasteiger partial charge >= 0.3 is 0 Å². The Balaban J connectivity index is 4.03. The van der Waals surface area contributed by atoms with Crippen molar-refractivity contribution >= 4 is 17.7 Å². The number of carbonyl (C=O) groups is 1. The Labute approximate surface area is 91.4 Å². The third-order valence-corrected chi connectivity index (χ3v) is 3.15. The largest absolute Gasteiger partial charge is 0.342 e. The van der Waals surface area contributed by atoms with Crippen LogP contribution in [-0.2, 0) is 4.79 Å². The quantitative estimate of drug-likeness (QED) is 0.731. The average Bonchev–Trinajstić information content (AvgIpc) is 2.22. The molecule has 0 spiro atoms. The van der Waals surface area contributed by atoms with Gasteiger partial charge in [-0.15, -0.1) is 0 Å². The summed E-state index contributed by atoms with van der Waals surface area (Å²) in [6, 6.07) is -0.0516. The van der Waals surface area contributed by atoms with Gasteiger partial charge in [0.2, 0.25) is 5.91 Å². The summed E-state index contributed by atoms with van der Waals surface area (Å²) >= 11 is 1.80. The summed E-state index contributed by atoms with van der Waals surface area (Å²) in [5, 5.41) is 0. The molecular weight excluding hydrogens is 196 g/mol. The molecule has 0 saturated carbocycles. The molecule has 0 bridgehead atoms. The standard InChI is InChI=1S/C10H22N2OS/c1-5-9(11)10(13)12(3)8(2)6-7-14-4/h8-9H,5-7,11H2,1-4H3. The van der Waals surface area contributed by atoms with Gasteiger partial charge in [0.1, 0.15) is 0 Å². The van der Waals surface area contributed by atoms with Crippen molar-refractivity contribution < 1.29 is 4.79 Å². The van der Waals surface area contributed by atoms with E-state index < -0.39 is 0 Å². The van der Waals surface area contributed by atoms with E-state index >= 15 is 0 Å². The Kier molecular flexibility index (Phi) is 7.01. The summed E-state index contributed by atoms with van der Waals surface area (Å²) in [5.41, 5.74) is 5.69. The fourth-order valence-electron chi connectivity index (χ4n) is 1.14. The van der Waals surface area contributed by atoms with Crippen LogP contribution in [0.1, 0.15) is 26.7 Å². The molecule has 0 heterocycles. The van der Waals surface area contributed by atoms with Crippen molar-refractivity contribution in [2.45, 2.75) is 38.8 Å². The lowest BCUT2D eigenvalue weighted by molar-refractivity contribution is -0.133. The lowest BCUT2D eigenvalue weighted by Crippen LogP contribution is -2.45. The Hall–Kier alpha value is -0.220. The topological polar surface area (TPSA) is 46.3 Å². The van der Waals surface area contributed by atoms with Crippen molar-refractivity contribution in [3.63, 3.8) is 0 Å². The van der Waals surface area contributed by atoms with Crippen molar-refractivity contribution in [3.05, 3.63) is 0 Å². The lowest BCUT2D eigenvalue weighted by atomic mass is 10.1. The number of carbonyl (C=O) groups excluding carboxylic acids is 1. The summed E-state index contributed by atoms with van der Waals surface area (Å²) in [7, 11) is 1.84. The molecule has 0 rings (SSSR count).